The van der Waals surface area contributed by atoms with E-state index < -0.39 is 10.0 Å². The van der Waals surface area contributed by atoms with Crippen molar-refractivity contribution in [2.24, 2.45) is 0 Å². The predicted molar refractivity (Wildman–Crippen MR) is 122 cm³/mol. The molecule has 8 nitrogen and oxygen atoms in total. The number of hydrogen-bond donors (Lipinski definition) is 1. The average Bonchev–Trinajstić information content (AvgIpc) is 2.81. The van der Waals surface area contributed by atoms with Gasteiger partial charge in [-0.25, -0.2) is 8.42 Å². The van der Waals surface area contributed by atoms with Gasteiger partial charge >= 0.3 is 0 Å². The molecule has 0 saturated carbocycles. The van der Waals surface area contributed by atoms with Gasteiger partial charge in [-0.15, -0.1) is 0 Å². The lowest BCUT2D eigenvalue weighted by atomic mass is 10.0. The third-order valence-corrected chi connectivity index (χ3v) is 7.09. The van der Waals surface area contributed by atoms with Gasteiger partial charge in [-0.2, -0.15) is 4.31 Å². The highest BCUT2D eigenvalue weighted by atomic mass is 32.2. The van der Waals surface area contributed by atoms with E-state index >= 15 is 0 Å². The maximum Gasteiger partial charge on any atom is 0.257 e. The van der Waals surface area contributed by atoms with Gasteiger partial charge in [0.1, 0.15) is 17.2 Å². The Morgan fingerprint density at radius 3 is 2.41 bits per heavy atom. The van der Waals surface area contributed by atoms with E-state index in [1.54, 1.807) is 31.4 Å². The molecule has 1 amide bonds. The first-order valence-electron chi connectivity index (χ1n) is 10.7. The molecule has 0 atom stereocenters. The van der Waals surface area contributed by atoms with Crippen LogP contribution in [0.2, 0.25) is 0 Å². The molecule has 0 unspecified atom stereocenters. The minimum absolute atomic E-state index is 0.0154. The number of sulfonamides is 1. The molecule has 0 spiro atoms. The number of amides is 1. The summed E-state index contributed by atoms with van der Waals surface area (Å²) in [6, 6.07) is 12.7. The van der Waals surface area contributed by atoms with Crippen LogP contribution in [0.15, 0.2) is 42.5 Å². The highest BCUT2D eigenvalue weighted by molar-refractivity contribution is 7.89. The largest absolute Gasteiger partial charge is 0.497 e. The summed E-state index contributed by atoms with van der Waals surface area (Å²) >= 11 is 0. The number of rotatable bonds is 11. The Bertz CT molecular complexity index is 1010. The zero-order chi connectivity index (χ0) is 23.0. The van der Waals surface area contributed by atoms with E-state index in [0.717, 1.165) is 22.6 Å². The van der Waals surface area contributed by atoms with E-state index in [1.807, 2.05) is 25.1 Å². The average molecular weight is 463 g/mol. The Labute approximate surface area is 189 Å². The normalized spacial score (nSPS) is 13.8. The third kappa shape index (κ3) is 6.61. The van der Waals surface area contributed by atoms with Crippen molar-refractivity contribution < 1.29 is 27.4 Å². The molecule has 2 aromatic rings. The summed E-state index contributed by atoms with van der Waals surface area (Å²) in [6.07, 6.45) is 0.995. The van der Waals surface area contributed by atoms with E-state index in [4.69, 9.17) is 14.2 Å². The topological polar surface area (TPSA) is 94.2 Å². The number of hydrogen-bond acceptors (Lipinski definition) is 6. The smallest absolute Gasteiger partial charge is 0.257 e. The number of ether oxygens (including phenoxy) is 3. The van der Waals surface area contributed by atoms with Crippen LogP contribution in [-0.2, 0) is 27.8 Å². The van der Waals surface area contributed by atoms with Crippen LogP contribution in [0.25, 0.3) is 0 Å². The van der Waals surface area contributed by atoms with Gasteiger partial charge in [0.25, 0.3) is 5.91 Å². The van der Waals surface area contributed by atoms with E-state index in [1.165, 1.54) is 4.31 Å². The number of carbonyl (C=O) groups is 1. The number of nitrogens with zero attached hydrogens (tertiary/aromatic N) is 1. The number of carbonyl (C=O) groups excluding carboxylic acids is 1. The molecule has 1 heterocycles. The van der Waals surface area contributed by atoms with Crippen LogP contribution in [-0.4, -0.2) is 57.8 Å². The van der Waals surface area contributed by atoms with Gasteiger partial charge in [0.05, 0.1) is 19.5 Å². The molecule has 3 rings (SSSR count). The minimum atomic E-state index is -3.40. The Morgan fingerprint density at radius 1 is 1.03 bits per heavy atom. The zero-order valence-electron chi connectivity index (χ0n) is 18.5. The molecule has 0 fully saturated rings. The summed E-state index contributed by atoms with van der Waals surface area (Å²) in [6.45, 7) is 3.44. The van der Waals surface area contributed by atoms with Crippen molar-refractivity contribution in [1.82, 2.24) is 9.62 Å². The van der Waals surface area contributed by atoms with E-state index in [0.29, 0.717) is 38.3 Å². The van der Waals surface area contributed by atoms with Gasteiger partial charge in [-0.3, -0.25) is 4.79 Å². The van der Waals surface area contributed by atoms with E-state index in [-0.39, 0.29) is 24.8 Å². The van der Waals surface area contributed by atoms with Crippen molar-refractivity contribution >= 4 is 15.9 Å². The van der Waals surface area contributed by atoms with Gasteiger partial charge in [-0.05, 0) is 67.3 Å². The first-order chi connectivity index (χ1) is 15.4. The molecular formula is C23H30N2O6S. The molecule has 0 aliphatic carbocycles. The van der Waals surface area contributed by atoms with Gasteiger partial charge in [0.2, 0.25) is 10.0 Å². The summed E-state index contributed by atoms with van der Waals surface area (Å²) < 4.78 is 42.9. The Balaban J connectivity index is 1.38. The molecule has 0 saturated heterocycles. The van der Waals surface area contributed by atoms with Crippen molar-refractivity contribution in [2.45, 2.75) is 26.3 Å². The Kier molecular flexibility index (Phi) is 8.35. The third-order valence-electron chi connectivity index (χ3n) is 5.19. The van der Waals surface area contributed by atoms with Crippen LogP contribution in [0.4, 0.5) is 0 Å². The van der Waals surface area contributed by atoms with Crippen molar-refractivity contribution in [2.75, 3.05) is 39.2 Å². The lowest BCUT2D eigenvalue weighted by Gasteiger charge is -2.28. The lowest BCUT2D eigenvalue weighted by molar-refractivity contribution is -0.123. The zero-order valence-corrected chi connectivity index (χ0v) is 19.3. The molecule has 1 N–H and O–H groups in total. The molecule has 2 aromatic carbocycles. The van der Waals surface area contributed by atoms with Crippen LogP contribution >= 0.6 is 0 Å². The van der Waals surface area contributed by atoms with Crippen molar-refractivity contribution in [3.05, 3.63) is 53.6 Å². The molecule has 0 aromatic heterocycles. The maximum absolute atomic E-state index is 12.7. The monoisotopic (exact) mass is 462 g/mol. The van der Waals surface area contributed by atoms with Gasteiger partial charge in [-0.1, -0.05) is 6.07 Å². The number of methoxy groups -OCH3 is 1. The van der Waals surface area contributed by atoms with Gasteiger partial charge < -0.3 is 19.5 Å². The van der Waals surface area contributed by atoms with Crippen molar-refractivity contribution in [3.63, 3.8) is 0 Å². The fraction of sp³-hybridized carbons (Fsp3) is 0.435. The quantitative estimate of drug-likeness (QED) is 0.516. The molecule has 1 aliphatic rings. The van der Waals surface area contributed by atoms with Crippen molar-refractivity contribution in [1.29, 1.82) is 0 Å². The maximum atomic E-state index is 12.7. The first-order valence-corrected chi connectivity index (χ1v) is 12.3. The van der Waals surface area contributed by atoms with E-state index in [9.17, 15) is 13.2 Å². The Morgan fingerprint density at radius 2 is 1.72 bits per heavy atom. The fourth-order valence-corrected chi connectivity index (χ4v) is 4.95. The SMILES string of the molecule is CCOc1ccc(OCC(=O)NCCCS(=O)(=O)N2CCc3cc(OC)ccc3C2)cc1. The summed E-state index contributed by atoms with van der Waals surface area (Å²) in [7, 11) is -1.78. The molecule has 0 bridgehead atoms. The lowest BCUT2D eigenvalue weighted by Crippen LogP contribution is -2.38. The molecule has 0 radical (unpaired) electrons. The second kappa shape index (κ2) is 11.2. The molecule has 9 heteroatoms. The molecule has 32 heavy (non-hydrogen) atoms. The number of benzene rings is 2. The molecular weight excluding hydrogens is 432 g/mol. The van der Waals surface area contributed by atoms with Gasteiger partial charge in [0, 0.05) is 19.6 Å². The molecule has 1 aliphatic heterocycles. The van der Waals surface area contributed by atoms with Crippen LogP contribution in [0.1, 0.15) is 24.5 Å². The number of nitrogens with one attached hydrogen (secondary N) is 1. The van der Waals surface area contributed by atoms with Crippen LogP contribution in [0, 0.1) is 0 Å². The highest BCUT2D eigenvalue weighted by Crippen LogP contribution is 2.25. The highest BCUT2D eigenvalue weighted by Gasteiger charge is 2.26. The summed E-state index contributed by atoms with van der Waals surface area (Å²) in [4.78, 5) is 12.0. The fourth-order valence-electron chi connectivity index (χ4n) is 3.48. The summed E-state index contributed by atoms with van der Waals surface area (Å²) in [5.74, 6) is 1.77. The second-order valence-electron chi connectivity index (χ2n) is 7.43. The number of fused-ring (bicyclic) bond motifs is 1. The summed E-state index contributed by atoms with van der Waals surface area (Å²) in [5.41, 5.74) is 2.12. The van der Waals surface area contributed by atoms with Crippen molar-refractivity contribution in [3.8, 4) is 17.2 Å². The van der Waals surface area contributed by atoms with Crippen LogP contribution < -0.4 is 19.5 Å². The van der Waals surface area contributed by atoms with Crippen LogP contribution in [0.5, 0.6) is 17.2 Å². The Hall–Kier alpha value is -2.78. The molecule has 174 valence electrons. The van der Waals surface area contributed by atoms with E-state index in [2.05, 4.69) is 5.32 Å². The first kappa shape index (κ1) is 23.9. The summed E-state index contributed by atoms with van der Waals surface area (Å²) in [5, 5.41) is 2.70. The second-order valence-corrected chi connectivity index (χ2v) is 9.52. The van der Waals surface area contributed by atoms with Crippen LogP contribution in [0.3, 0.4) is 0 Å². The standard InChI is InChI=1S/C23H30N2O6S/c1-3-30-20-7-9-21(10-8-20)31-17-23(26)24-12-4-14-32(27,28)25-13-11-18-15-22(29-2)6-5-19(18)16-25/h5-10,15H,3-4,11-14,16-17H2,1-2H3,(H,24,26). The predicted octanol–water partition coefficient (Wildman–Crippen LogP) is 2.37. The minimum Gasteiger partial charge on any atom is -0.497 e. The van der Waals surface area contributed by atoms with Gasteiger partial charge in [0.15, 0.2) is 6.61 Å².